The Morgan fingerprint density at radius 2 is 2.33 bits per heavy atom. The van der Waals surface area contributed by atoms with E-state index in [1.54, 1.807) is 16.9 Å². The lowest BCUT2D eigenvalue weighted by molar-refractivity contribution is 1.10. The molecule has 2 aromatic heterocycles. The maximum atomic E-state index is 5.74. The lowest BCUT2D eigenvalue weighted by Gasteiger charge is -2.03. The lowest BCUT2D eigenvalue weighted by atomic mass is 10.2. The zero-order valence-electron chi connectivity index (χ0n) is 6.45. The maximum Gasteiger partial charge on any atom is 0.175 e. The minimum absolute atomic E-state index is 0.731. The molecule has 0 unspecified atom stereocenters. The van der Waals surface area contributed by atoms with Crippen LogP contribution in [0.15, 0.2) is 17.0 Å². The number of hydrogen-bond acceptors (Lipinski definition) is 3. The number of rotatable bonds is 0. The molecule has 62 valence electrons. The van der Waals surface area contributed by atoms with Crippen LogP contribution in [0.25, 0.3) is 5.65 Å². The summed E-state index contributed by atoms with van der Waals surface area (Å²) in [6.45, 7) is 1.94. The second-order valence-electron chi connectivity index (χ2n) is 2.59. The van der Waals surface area contributed by atoms with Gasteiger partial charge in [-0.15, -0.1) is 10.2 Å². The van der Waals surface area contributed by atoms with Gasteiger partial charge in [0.25, 0.3) is 0 Å². The topological polar surface area (TPSA) is 56.2 Å². The van der Waals surface area contributed by atoms with Crippen molar-refractivity contribution in [1.82, 2.24) is 14.6 Å². The number of nitrogen functional groups attached to an aromatic ring is 1. The summed E-state index contributed by atoms with van der Waals surface area (Å²) < 4.78 is 2.69. The van der Waals surface area contributed by atoms with Crippen LogP contribution in [0.1, 0.15) is 5.56 Å². The van der Waals surface area contributed by atoms with E-state index in [2.05, 4.69) is 26.1 Å². The van der Waals surface area contributed by atoms with Gasteiger partial charge in [-0.3, -0.25) is 4.40 Å². The van der Waals surface area contributed by atoms with E-state index < -0.39 is 0 Å². The van der Waals surface area contributed by atoms with Crippen LogP contribution in [0.4, 0.5) is 5.69 Å². The molecule has 0 bridgehead atoms. The molecule has 5 heteroatoms. The number of aromatic nitrogens is 3. The maximum absolute atomic E-state index is 5.74. The van der Waals surface area contributed by atoms with Gasteiger partial charge < -0.3 is 5.73 Å². The van der Waals surface area contributed by atoms with E-state index in [9.17, 15) is 0 Å². The smallest absolute Gasteiger partial charge is 0.175 e. The summed E-state index contributed by atoms with van der Waals surface area (Å²) in [5.74, 6) is 0. The number of fused-ring (bicyclic) bond motifs is 1. The summed E-state index contributed by atoms with van der Waals surface area (Å²) in [5.41, 5.74) is 8.26. The Morgan fingerprint density at radius 3 is 3.08 bits per heavy atom. The Hall–Kier alpha value is -1.10. The van der Waals surface area contributed by atoms with Gasteiger partial charge in [0, 0.05) is 6.20 Å². The van der Waals surface area contributed by atoms with Gasteiger partial charge in [-0.2, -0.15) is 0 Å². The first kappa shape index (κ1) is 7.54. The van der Waals surface area contributed by atoms with Crippen molar-refractivity contribution in [2.75, 3.05) is 5.73 Å². The van der Waals surface area contributed by atoms with Crippen molar-refractivity contribution in [3.8, 4) is 0 Å². The summed E-state index contributed by atoms with van der Waals surface area (Å²) in [4.78, 5) is 0. The van der Waals surface area contributed by atoms with Gasteiger partial charge in [-0.05, 0) is 28.4 Å². The van der Waals surface area contributed by atoms with Gasteiger partial charge in [0.2, 0.25) is 0 Å². The predicted octanol–water partition coefficient (Wildman–Crippen LogP) is 1.38. The highest BCUT2D eigenvalue weighted by atomic mass is 79.9. The van der Waals surface area contributed by atoms with Crippen molar-refractivity contribution in [2.45, 2.75) is 6.92 Å². The molecule has 0 aromatic carbocycles. The zero-order valence-corrected chi connectivity index (χ0v) is 8.04. The van der Waals surface area contributed by atoms with Crippen LogP contribution >= 0.6 is 15.9 Å². The van der Waals surface area contributed by atoms with E-state index in [-0.39, 0.29) is 0 Å². The second-order valence-corrected chi connectivity index (χ2v) is 3.38. The summed E-state index contributed by atoms with van der Waals surface area (Å²) >= 11 is 3.41. The van der Waals surface area contributed by atoms with Gasteiger partial charge in [0.1, 0.15) is 6.33 Å². The molecule has 2 aromatic rings. The minimum atomic E-state index is 0.731. The molecule has 0 saturated heterocycles. The van der Waals surface area contributed by atoms with E-state index in [1.807, 2.05) is 6.92 Å². The van der Waals surface area contributed by atoms with Gasteiger partial charge in [0.05, 0.1) is 10.2 Å². The normalized spacial score (nSPS) is 10.8. The highest BCUT2D eigenvalue weighted by molar-refractivity contribution is 9.10. The zero-order chi connectivity index (χ0) is 8.72. The van der Waals surface area contributed by atoms with Crippen molar-refractivity contribution in [3.63, 3.8) is 0 Å². The highest BCUT2D eigenvalue weighted by Gasteiger charge is 2.06. The van der Waals surface area contributed by atoms with Gasteiger partial charge >= 0.3 is 0 Å². The Balaban J connectivity index is 2.94. The van der Waals surface area contributed by atoms with Crippen molar-refractivity contribution in [3.05, 3.63) is 22.6 Å². The fraction of sp³-hybridized carbons (Fsp3) is 0.143. The molecule has 0 fully saturated rings. The van der Waals surface area contributed by atoms with Crippen LogP contribution in [-0.4, -0.2) is 14.6 Å². The first-order valence-electron chi connectivity index (χ1n) is 3.44. The number of nitrogens with zero attached hydrogens (tertiary/aromatic N) is 3. The third kappa shape index (κ3) is 0.896. The van der Waals surface area contributed by atoms with Crippen LogP contribution in [-0.2, 0) is 0 Å². The second kappa shape index (κ2) is 2.45. The standard InChI is InChI=1S/C7H7BrN4/c1-4-5(9)2-12-3-10-11-7(12)6(4)8/h2-3H,9H2,1H3. The fourth-order valence-electron chi connectivity index (χ4n) is 1.04. The van der Waals surface area contributed by atoms with Crippen LogP contribution in [0.3, 0.4) is 0 Å². The molecule has 0 aliphatic carbocycles. The fourth-order valence-corrected chi connectivity index (χ4v) is 1.55. The van der Waals surface area contributed by atoms with Crippen molar-refractivity contribution < 1.29 is 0 Å². The third-order valence-corrected chi connectivity index (χ3v) is 2.76. The monoisotopic (exact) mass is 226 g/mol. The van der Waals surface area contributed by atoms with Crippen LogP contribution in [0.2, 0.25) is 0 Å². The molecular formula is C7H7BrN4. The molecule has 2 N–H and O–H groups in total. The molecule has 0 aliphatic rings. The van der Waals surface area contributed by atoms with E-state index in [4.69, 9.17) is 5.73 Å². The number of pyridine rings is 1. The molecule has 2 heterocycles. The largest absolute Gasteiger partial charge is 0.397 e. The minimum Gasteiger partial charge on any atom is -0.397 e. The first-order valence-corrected chi connectivity index (χ1v) is 4.23. The predicted molar refractivity (Wildman–Crippen MR) is 49.8 cm³/mol. The Morgan fingerprint density at radius 1 is 1.58 bits per heavy atom. The SMILES string of the molecule is Cc1c(N)cn2cnnc2c1Br. The van der Waals surface area contributed by atoms with E-state index >= 15 is 0 Å². The third-order valence-electron chi connectivity index (χ3n) is 1.81. The first-order chi connectivity index (χ1) is 5.70. The van der Waals surface area contributed by atoms with E-state index in [0.717, 1.165) is 21.4 Å². The van der Waals surface area contributed by atoms with E-state index in [0.29, 0.717) is 0 Å². The van der Waals surface area contributed by atoms with E-state index in [1.165, 1.54) is 0 Å². The molecule has 0 amide bonds. The molecule has 0 aliphatic heterocycles. The van der Waals surface area contributed by atoms with Crippen molar-refractivity contribution in [1.29, 1.82) is 0 Å². The summed E-state index contributed by atoms with van der Waals surface area (Å²) in [5, 5.41) is 7.70. The number of hydrogen-bond donors (Lipinski definition) is 1. The van der Waals surface area contributed by atoms with Gasteiger partial charge in [-0.1, -0.05) is 0 Å². The number of halogens is 1. The molecule has 12 heavy (non-hydrogen) atoms. The molecule has 4 nitrogen and oxygen atoms in total. The molecule has 2 rings (SSSR count). The van der Waals surface area contributed by atoms with Crippen molar-refractivity contribution >= 4 is 27.3 Å². The average Bonchev–Trinajstić information content (AvgIpc) is 2.48. The summed E-state index contributed by atoms with van der Waals surface area (Å²) in [6.07, 6.45) is 3.42. The molecule has 0 atom stereocenters. The molecular weight excluding hydrogens is 220 g/mol. The Labute approximate surface area is 77.5 Å². The average molecular weight is 227 g/mol. The quantitative estimate of drug-likeness (QED) is 0.739. The van der Waals surface area contributed by atoms with Gasteiger partial charge in [-0.25, -0.2) is 0 Å². The van der Waals surface area contributed by atoms with Crippen LogP contribution in [0, 0.1) is 6.92 Å². The van der Waals surface area contributed by atoms with Crippen LogP contribution < -0.4 is 5.73 Å². The summed E-state index contributed by atoms with van der Waals surface area (Å²) in [7, 11) is 0. The molecule has 0 saturated carbocycles. The Bertz CT molecular complexity index is 434. The Kier molecular flexibility index (Phi) is 1.54. The van der Waals surface area contributed by atoms with Crippen molar-refractivity contribution in [2.24, 2.45) is 0 Å². The number of anilines is 1. The lowest BCUT2D eigenvalue weighted by Crippen LogP contribution is -1.95. The molecule has 0 radical (unpaired) electrons. The highest BCUT2D eigenvalue weighted by Crippen LogP contribution is 2.24. The summed E-state index contributed by atoms with van der Waals surface area (Å²) in [6, 6.07) is 0. The van der Waals surface area contributed by atoms with Crippen LogP contribution in [0.5, 0.6) is 0 Å². The van der Waals surface area contributed by atoms with Gasteiger partial charge in [0.15, 0.2) is 5.65 Å². The number of nitrogens with two attached hydrogens (primary N) is 1. The molecule has 0 spiro atoms.